The summed E-state index contributed by atoms with van der Waals surface area (Å²) in [5.74, 6) is 0.326. The Labute approximate surface area is 112 Å². The molecule has 1 aliphatic heterocycles. The first kappa shape index (κ1) is 12.5. The van der Waals surface area contributed by atoms with E-state index in [2.05, 4.69) is 5.32 Å². The highest BCUT2D eigenvalue weighted by Crippen LogP contribution is 2.34. The fourth-order valence-corrected chi connectivity index (χ4v) is 3.03. The lowest BCUT2D eigenvalue weighted by molar-refractivity contribution is -0.130. The van der Waals surface area contributed by atoms with Crippen LogP contribution in [0.1, 0.15) is 42.9 Å². The lowest BCUT2D eigenvalue weighted by Crippen LogP contribution is -2.38. The Kier molecular flexibility index (Phi) is 3.42. The third-order valence-corrected chi connectivity index (χ3v) is 4.02. The van der Waals surface area contributed by atoms with Crippen molar-refractivity contribution in [3.8, 4) is 5.75 Å². The maximum absolute atomic E-state index is 12.1. The van der Waals surface area contributed by atoms with E-state index in [1.807, 2.05) is 12.1 Å². The van der Waals surface area contributed by atoms with Gasteiger partial charge in [0, 0.05) is 6.61 Å². The van der Waals surface area contributed by atoms with Crippen LogP contribution in [0, 0.1) is 0 Å². The zero-order valence-electron chi connectivity index (χ0n) is 10.9. The number of phenols is 1. The summed E-state index contributed by atoms with van der Waals surface area (Å²) in [6.07, 6.45) is 4.28. The number of nitrogens with one attached hydrogen (secondary N) is 1. The summed E-state index contributed by atoms with van der Waals surface area (Å²) < 4.78 is 5.41. The second-order valence-corrected chi connectivity index (χ2v) is 5.30. The Balaban J connectivity index is 1.76. The van der Waals surface area contributed by atoms with Crippen LogP contribution in [0.2, 0.25) is 0 Å². The van der Waals surface area contributed by atoms with Gasteiger partial charge in [-0.3, -0.25) is 4.79 Å². The fraction of sp³-hybridized carbons (Fsp3) is 0.533. The van der Waals surface area contributed by atoms with Gasteiger partial charge >= 0.3 is 0 Å². The Bertz CT molecular complexity index is 480. The van der Waals surface area contributed by atoms with Crippen molar-refractivity contribution < 1.29 is 14.6 Å². The standard InChI is InChI=1S/C15H19NO3/c17-13-7-2-4-10-11(13)5-1-6-12(10)16-15(18)14-8-3-9-19-14/h2,4,7,12,14,17H,1,3,5-6,8-9H2,(H,16,18)/t12?,14-/m0/s1. The van der Waals surface area contributed by atoms with E-state index in [0.717, 1.165) is 43.2 Å². The number of rotatable bonds is 2. The maximum atomic E-state index is 12.1. The minimum absolute atomic E-state index is 0.00699. The largest absolute Gasteiger partial charge is 0.508 e. The van der Waals surface area contributed by atoms with Crippen LogP contribution >= 0.6 is 0 Å². The van der Waals surface area contributed by atoms with Crippen molar-refractivity contribution in [2.45, 2.75) is 44.2 Å². The lowest BCUT2D eigenvalue weighted by Gasteiger charge is -2.27. The number of carbonyl (C=O) groups excluding carboxylic acids is 1. The van der Waals surface area contributed by atoms with Crippen LogP contribution in [0.3, 0.4) is 0 Å². The number of hydrogen-bond donors (Lipinski definition) is 2. The smallest absolute Gasteiger partial charge is 0.249 e. The molecular weight excluding hydrogens is 242 g/mol. The van der Waals surface area contributed by atoms with E-state index < -0.39 is 0 Å². The number of benzene rings is 1. The number of amides is 1. The fourth-order valence-electron chi connectivity index (χ4n) is 3.03. The van der Waals surface area contributed by atoms with Crippen molar-refractivity contribution in [2.24, 2.45) is 0 Å². The summed E-state index contributed by atoms with van der Waals surface area (Å²) in [4.78, 5) is 12.1. The van der Waals surface area contributed by atoms with Gasteiger partial charge in [-0.25, -0.2) is 0 Å². The van der Waals surface area contributed by atoms with E-state index in [9.17, 15) is 9.90 Å². The highest BCUT2D eigenvalue weighted by Gasteiger charge is 2.28. The van der Waals surface area contributed by atoms with Gasteiger partial charge in [0.05, 0.1) is 6.04 Å². The van der Waals surface area contributed by atoms with Gasteiger partial charge in [0.1, 0.15) is 11.9 Å². The molecule has 1 aromatic rings. The van der Waals surface area contributed by atoms with Crippen LogP contribution in [-0.4, -0.2) is 23.7 Å². The van der Waals surface area contributed by atoms with Crippen LogP contribution in [-0.2, 0) is 16.0 Å². The van der Waals surface area contributed by atoms with E-state index in [4.69, 9.17) is 4.74 Å². The molecule has 4 heteroatoms. The Hall–Kier alpha value is -1.55. The van der Waals surface area contributed by atoms with E-state index in [0.29, 0.717) is 12.4 Å². The average Bonchev–Trinajstić information content (AvgIpc) is 2.94. The molecule has 4 nitrogen and oxygen atoms in total. The van der Waals surface area contributed by atoms with Crippen molar-refractivity contribution in [1.29, 1.82) is 0 Å². The molecule has 102 valence electrons. The second kappa shape index (κ2) is 5.21. The summed E-state index contributed by atoms with van der Waals surface area (Å²) >= 11 is 0. The maximum Gasteiger partial charge on any atom is 0.249 e. The van der Waals surface area contributed by atoms with E-state index in [1.165, 1.54) is 0 Å². The monoisotopic (exact) mass is 261 g/mol. The van der Waals surface area contributed by atoms with Gasteiger partial charge < -0.3 is 15.2 Å². The quantitative estimate of drug-likeness (QED) is 0.856. The molecule has 19 heavy (non-hydrogen) atoms. The zero-order valence-corrected chi connectivity index (χ0v) is 10.9. The molecule has 1 heterocycles. The molecule has 2 N–H and O–H groups in total. The van der Waals surface area contributed by atoms with Crippen molar-refractivity contribution in [3.63, 3.8) is 0 Å². The molecule has 1 aliphatic carbocycles. The molecule has 1 amide bonds. The molecule has 2 aliphatic rings. The van der Waals surface area contributed by atoms with Crippen LogP contribution in [0.4, 0.5) is 0 Å². The minimum atomic E-state index is -0.289. The first-order chi connectivity index (χ1) is 9.25. The van der Waals surface area contributed by atoms with Gasteiger partial charge in [0.2, 0.25) is 5.91 Å². The van der Waals surface area contributed by atoms with Gasteiger partial charge in [-0.15, -0.1) is 0 Å². The van der Waals surface area contributed by atoms with E-state index in [1.54, 1.807) is 6.07 Å². The predicted molar refractivity (Wildman–Crippen MR) is 70.9 cm³/mol. The Morgan fingerprint density at radius 1 is 1.32 bits per heavy atom. The van der Waals surface area contributed by atoms with Crippen LogP contribution in [0.5, 0.6) is 5.75 Å². The molecular formula is C15H19NO3. The SMILES string of the molecule is O=C(NC1CCCc2c(O)cccc21)[C@@H]1CCCO1. The summed E-state index contributed by atoms with van der Waals surface area (Å²) in [5, 5.41) is 13.0. The normalized spacial score (nSPS) is 25.9. The minimum Gasteiger partial charge on any atom is -0.508 e. The Morgan fingerprint density at radius 2 is 2.21 bits per heavy atom. The summed E-state index contributed by atoms with van der Waals surface area (Å²) in [6, 6.07) is 5.55. The number of aromatic hydroxyl groups is 1. The molecule has 1 aromatic carbocycles. The highest BCUT2D eigenvalue weighted by molar-refractivity contribution is 5.81. The third kappa shape index (κ3) is 2.45. The summed E-state index contributed by atoms with van der Waals surface area (Å²) in [5.41, 5.74) is 2.03. The first-order valence-corrected chi connectivity index (χ1v) is 6.98. The van der Waals surface area contributed by atoms with Crippen molar-refractivity contribution in [3.05, 3.63) is 29.3 Å². The zero-order chi connectivity index (χ0) is 13.2. The van der Waals surface area contributed by atoms with Gasteiger partial charge in [0.15, 0.2) is 0 Å². The van der Waals surface area contributed by atoms with Crippen molar-refractivity contribution >= 4 is 5.91 Å². The first-order valence-electron chi connectivity index (χ1n) is 6.98. The molecule has 0 aromatic heterocycles. The van der Waals surface area contributed by atoms with Gasteiger partial charge in [0.25, 0.3) is 0 Å². The molecule has 0 radical (unpaired) electrons. The highest BCUT2D eigenvalue weighted by atomic mass is 16.5. The molecule has 1 saturated heterocycles. The number of phenolic OH excluding ortho intramolecular Hbond substituents is 1. The average molecular weight is 261 g/mol. The van der Waals surface area contributed by atoms with Crippen LogP contribution in [0.25, 0.3) is 0 Å². The lowest BCUT2D eigenvalue weighted by atomic mass is 9.87. The number of fused-ring (bicyclic) bond motifs is 1. The van der Waals surface area contributed by atoms with Crippen LogP contribution < -0.4 is 5.32 Å². The van der Waals surface area contributed by atoms with Gasteiger partial charge in [-0.1, -0.05) is 12.1 Å². The topological polar surface area (TPSA) is 58.6 Å². The molecule has 1 fully saturated rings. The van der Waals surface area contributed by atoms with Crippen LogP contribution in [0.15, 0.2) is 18.2 Å². The van der Waals surface area contributed by atoms with Crippen molar-refractivity contribution in [1.82, 2.24) is 5.32 Å². The number of carbonyl (C=O) groups is 1. The molecule has 2 atom stereocenters. The molecule has 0 spiro atoms. The predicted octanol–water partition coefficient (Wildman–Crippen LogP) is 2.06. The summed E-state index contributed by atoms with van der Waals surface area (Å²) in [7, 11) is 0. The molecule has 0 bridgehead atoms. The third-order valence-electron chi connectivity index (χ3n) is 4.02. The number of hydrogen-bond acceptors (Lipinski definition) is 3. The van der Waals surface area contributed by atoms with Gasteiger partial charge in [-0.2, -0.15) is 0 Å². The summed E-state index contributed by atoms with van der Waals surface area (Å²) in [6.45, 7) is 0.681. The molecule has 0 saturated carbocycles. The van der Waals surface area contributed by atoms with E-state index in [-0.39, 0.29) is 18.1 Å². The molecule has 1 unspecified atom stereocenters. The Morgan fingerprint density at radius 3 is 3.00 bits per heavy atom. The number of ether oxygens (including phenoxy) is 1. The van der Waals surface area contributed by atoms with Crippen molar-refractivity contribution in [2.75, 3.05) is 6.61 Å². The van der Waals surface area contributed by atoms with Gasteiger partial charge in [-0.05, 0) is 49.3 Å². The molecule has 3 rings (SSSR count). The second-order valence-electron chi connectivity index (χ2n) is 5.30. The van der Waals surface area contributed by atoms with E-state index >= 15 is 0 Å².